The Kier molecular flexibility index (Phi) is 6.65. The van der Waals surface area contributed by atoms with Crippen molar-refractivity contribution in [2.45, 2.75) is 25.9 Å². The number of fused-ring (bicyclic) bond motifs is 1. The fourth-order valence-electron chi connectivity index (χ4n) is 2.85. The van der Waals surface area contributed by atoms with Crippen LogP contribution < -0.4 is 20.7 Å². The maximum absolute atomic E-state index is 13.3. The highest BCUT2D eigenvalue weighted by Gasteiger charge is 2.35. The molecule has 0 radical (unpaired) electrons. The van der Waals surface area contributed by atoms with E-state index in [0.29, 0.717) is 17.6 Å². The molecule has 3 rings (SSSR count). The summed E-state index contributed by atoms with van der Waals surface area (Å²) in [4.78, 5) is 19.1. The largest absolute Gasteiger partial charge is 0.421 e. The summed E-state index contributed by atoms with van der Waals surface area (Å²) in [5, 5.41) is 8.13. The van der Waals surface area contributed by atoms with Crippen molar-refractivity contribution in [1.29, 1.82) is 0 Å². The van der Waals surface area contributed by atoms with Crippen LogP contribution in [0.5, 0.6) is 0 Å². The Balaban J connectivity index is 1.70. The molecule has 168 valence electrons. The number of aromatic nitrogens is 2. The van der Waals surface area contributed by atoms with Gasteiger partial charge in [-0.2, -0.15) is 18.2 Å². The molecule has 0 saturated heterocycles. The average molecular weight is 458 g/mol. The lowest BCUT2D eigenvalue weighted by atomic mass is 10.1. The molecule has 1 aromatic carbocycles. The second-order valence-electron chi connectivity index (χ2n) is 6.75. The van der Waals surface area contributed by atoms with Crippen LogP contribution >= 0.6 is 0 Å². The van der Waals surface area contributed by atoms with Crippen LogP contribution in [0.15, 0.2) is 24.4 Å². The van der Waals surface area contributed by atoms with Crippen LogP contribution in [0, 0.1) is 0 Å². The molecule has 9 nitrogen and oxygen atoms in total. The van der Waals surface area contributed by atoms with Gasteiger partial charge in [0, 0.05) is 30.7 Å². The number of hydrogen-bond acceptors (Lipinski definition) is 7. The van der Waals surface area contributed by atoms with Gasteiger partial charge in [0.15, 0.2) is 0 Å². The monoisotopic (exact) mass is 458 g/mol. The number of amides is 1. The van der Waals surface area contributed by atoms with Gasteiger partial charge in [0.05, 0.1) is 12.2 Å². The number of nitrogens with one attached hydrogen (secondary N) is 4. The SMILES string of the molecule is CCS(=O)(=O)NCCCNc1nc(Nc2ccc3c(c2)CC(=O)N3)ncc1C(F)(F)F. The zero-order valence-corrected chi connectivity index (χ0v) is 17.3. The van der Waals surface area contributed by atoms with Crippen LogP contribution in [-0.2, 0) is 27.4 Å². The lowest BCUT2D eigenvalue weighted by Crippen LogP contribution is -2.27. The van der Waals surface area contributed by atoms with E-state index in [1.807, 2.05) is 0 Å². The molecule has 0 unspecified atom stereocenters. The van der Waals surface area contributed by atoms with Crippen molar-refractivity contribution >= 4 is 39.1 Å². The number of carbonyl (C=O) groups is 1. The van der Waals surface area contributed by atoms with Crippen molar-refractivity contribution in [3.8, 4) is 0 Å². The smallest absolute Gasteiger partial charge is 0.369 e. The Morgan fingerprint density at radius 1 is 1.23 bits per heavy atom. The van der Waals surface area contributed by atoms with Gasteiger partial charge >= 0.3 is 6.18 Å². The van der Waals surface area contributed by atoms with E-state index in [0.717, 1.165) is 5.56 Å². The third-order valence-electron chi connectivity index (χ3n) is 4.43. The Bertz CT molecular complexity index is 1080. The van der Waals surface area contributed by atoms with E-state index in [4.69, 9.17) is 0 Å². The van der Waals surface area contributed by atoms with E-state index >= 15 is 0 Å². The number of sulfonamides is 1. The van der Waals surface area contributed by atoms with Gasteiger partial charge in [-0.1, -0.05) is 0 Å². The van der Waals surface area contributed by atoms with E-state index in [1.165, 1.54) is 6.92 Å². The molecule has 0 bridgehead atoms. The minimum atomic E-state index is -4.66. The van der Waals surface area contributed by atoms with Crippen LogP contribution in [0.4, 0.5) is 36.3 Å². The molecule has 1 aliphatic rings. The lowest BCUT2D eigenvalue weighted by Gasteiger charge is -2.15. The first-order valence-electron chi connectivity index (χ1n) is 9.42. The fourth-order valence-corrected chi connectivity index (χ4v) is 3.50. The van der Waals surface area contributed by atoms with Crippen LogP contribution in [0.3, 0.4) is 0 Å². The van der Waals surface area contributed by atoms with Crippen LogP contribution in [-0.4, -0.2) is 43.1 Å². The molecule has 0 spiro atoms. The second-order valence-corrected chi connectivity index (χ2v) is 8.85. The van der Waals surface area contributed by atoms with Crippen LogP contribution in [0.25, 0.3) is 0 Å². The molecule has 1 aromatic heterocycles. The van der Waals surface area contributed by atoms with Gasteiger partial charge in [-0.05, 0) is 37.1 Å². The highest BCUT2D eigenvalue weighted by Crippen LogP contribution is 2.34. The quantitative estimate of drug-likeness (QED) is 0.426. The summed E-state index contributed by atoms with van der Waals surface area (Å²) < 4.78 is 65.0. The van der Waals surface area contributed by atoms with Crippen molar-refractivity contribution < 1.29 is 26.4 Å². The number of benzene rings is 1. The highest BCUT2D eigenvalue weighted by atomic mass is 32.2. The molecule has 31 heavy (non-hydrogen) atoms. The highest BCUT2D eigenvalue weighted by molar-refractivity contribution is 7.89. The Morgan fingerprint density at radius 2 is 2.00 bits per heavy atom. The summed E-state index contributed by atoms with van der Waals surface area (Å²) >= 11 is 0. The summed E-state index contributed by atoms with van der Waals surface area (Å²) in [7, 11) is -3.36. The van der Waals surface area contributed by atoms with Crippen LogP contribution in [0.2, 0.25) is 0 Å². The maximum Gasteiger partial charge on any atom is 0.421 e. The number of halogens is 3. The number of anilines is 4. The van der Waals surface area contributed by atoms with Gasteiger partial charge < -0.3 is 16.0 Å². The first kappa shape index (κ1) is 22.7. The topological polar surface area (TPSA) is 125 Å². The summed E-state index contributed by atoms with van der Waals surface area (Å²) in [6.45, 7) is 1.64. The van der Waals surface area contributed by atoms with Crippen LogP contribution in [0.1, 0.15) is 24.5 Å². The van der Waals surface area contributed by atoms with E-state index in [-0.39, 0.29) is 43.5 Å². The predicted octanol–water partition coefficient (Wildman–Crippen LogP) is 2.47. The summed E-state index contributed by atoms with van der Waals surface area (Å²) in [5.74, 6) is -0.682. The summed E-state index contributed by atoms with van der Waals surface area (Å²) in [5.41, 5.74) is 0.936. The molecule has 1 amide bonds. The number of alkyl halides is 3. The zero-order chi connectivity index (χ0) is 22.6. The molecule has 0 saturated carbocycles. The van der Waals surface area contributed by atoms with Gasteiger partial charge in [-0.25, -0.2) is 18.1 Å². The number of nitrogens with zero attached hydrogens (tertiary/aromatic N) is 2. The third-order valence-corrected chi connectivity index (χ3v) is 5.83. The average Bonchev–Trinajstić information content (AvgIpc) is 3.06. The van der Waals surface area contributed by atoms with Crippen molar-refractivity contribution in [3.63, 3.8) is 0 Å². The standard InChI is InChI=1S/C18H21F3N6O3S/c1-2-31(29,30)24-7-3-6-22-16-13(18(19,20)21)10-23-17(27-16)25-12-4-5-14-11(8-12)9-15(28)26-14/h4-5,8,10,24H,2-3,6-7,9H2,1H3,(H,26,28)(H2,22,23,25,27). The minimum absolute atomic E-state index is 0.0561. The summed E-state index contributed by atoms with van der Waals surface area (Å²) in [6, 6.07) is 5.03. The maximum atomic E-state index is 13.3. The molecule has 0 atom stereocenters. The molecule has 13 heteroatoms. The van der Waals surface area contributed by atoms with E-state index in [1.54, 1.807) is 18.2 Å². The number of hydrogen-bond donors (Lipinski definition) is 4. The molecule has 2 aromatic rings. The van der Waals surface area contributed by atoms with Gasteiger partial charge in [-0.3, -0.25) is 4.79 Å². The molecular formula is C18H21F3N6O3S. The Morgan fingerprint density at radius 3 is 2.71 bits per heavy atom. The molecule has 0 fully saturated rings. The zero-order valence-electron chi connectivity index (χ0n) is 16.5. The lowest BCUT2D eigenvalue weighted by molar-refractivity contribution is -0.137. The number of carbonyl (C=O) groups excluding carboxylic acids is 1. The number of rotatable bonds is 9. The van der Waals surface area contributed by atoms with Gasteiger partial charge in [0.25, 0.3) is 0 Å². The first-order chi connectivity index (χ1) is 14.6. The molecule has 1 aliphatic heterocycles. The van der Waals surface area contributed by atoms with E-state index < -0.39 is 27.6 Å². The summed E-state index contributed by atoms with van der Waals surface area (Å²) in [6.07, 6.45) is -3.51. The molecule has 2 heterocycles. The second kappa shape index (κ2) is 9.06. The minimum Gasteiger partial charge on any atom is -0.369 e. The third kappa shape index (κ3) is 6.04. The predicted molar refractivity (Wildman–Crippen MR) is 110 cm³/mol. The van der Waals surface area contributed by atoms with Crippen molar-refractivity contribution in [3.05, 3.63) is 35.5 Å². The molecule has 0 aliphatic carbocycles. The van der Waals surface area contributed by atoms with Crippen molar-refractivity contribution in [2.75, 3.05) is 34.8 Å². The van der Waals surface area contributed by atoms with Gasteiger partial charge in [0.2, 0.25) is 21.9 Å². The van der Waals surface area contributed by atoms with Gasteiger partial charge in [0.1, 0.15) is 11.4 Å². The fraction of sp³-hybridized carbons (Fsp3) is 0.389. The first-order valence-corrected chi connectivity index (χ1v) is 11.1. The van der Waals surface area contributed by atoms with E-state index in [9.17, 15) is 26.4 Å². The van der Waals surface area contributed by atoms with Crippen molar-refractivity contribution in [2.24, 2.45) is 0 Å². The Labute approximate surface area is 176 Å². The molecular weight excluding hydrogens is 437 g/mol. The molecule has 4 N–H and O–H groups in total. The normalized spacial score (nSPS) is 13.6. The van der Waals surface area contributed by atoms with E-state index in [2.05, 4.69) is 30.6 Å². The Hall–Kier alpha value is -2.93. The van der Waals surface area contributed by atoms with Gasteiger partial charge in [-0.15, -0.1) is 0 Å². The van der Waals surface area contributed by atoms with Crippen molar-refractivity contribution in [1.82, 2.24) is 14.7 Å².